The van der Waals surface area contributed by atoms with E-state index in [2.05, 4.69) is 12.3 Å². The van der Waals surface area contributed by atoms with Gasteiger partial charge in [-0.1, -0.05) is 30.7 Å². The zero-order valence-electron chi connectivity index (χ0n) is 9.74. The monoisotopic (exact) mass is 242 g/mol. The molecule has 0 aliphatic heterocycles. The molecule has 0 saturated carbocycles. The highest BCUT2D eigenvalue weighted by Gasteiger charge is 2.20. The van der Waals surface area contributed by atoms with E-state index in [-0.39, 0.29) is 12.1 Å². The second-order valence-electron chi connectivity index (χ2n) is 3.60. The second-order valence-corrected chi connectivity index (χ2v) is 4.04. The molecule has 3 nitrogen and oxygen atoms in total. The average Bonchev–Trinajstić information content (AvgIpc) is 2.29. The summed E-state index contributed by atoms with van der Waals surface area (Å²) in [6.45, 7) is 4.74. The topological polar surface area (TPSA) is 47.3 Å². The molecule has 0 aliphatic rings. The number of rotatable bonds is 6. The minimum atomic E-state index is -0.0244. The highest BCUT2D eigenvalue weighted by atomic mass is 35.5. The van der Waals surface area contributed by atoms with Gasteiger partial charge >= 0.3 is 0 Å². The predicted molar refractivity (Wildman–Crippen MR) is 67.2 cm³/mol. The minimum Gasteiger partial charge on any atom is -0.376 e. The fourth-order valence-corrected chi connectivity index (χ4v) is 1.98. The SMILES string of the molecule is CCOC(CC)C(NN)c1cccc(Cl)c1. The van der Waals surface area contributed by atoms with Crippen LogP contribution in [0.1, 0.15) is 31.9 Å². The maximum Gasteiger partial charge on any atom is 0.0779 e. The lowest BCUT2D eigenvalue weighted by Crippen LogP contribution is -2.37. The number of ether oxygens (including phenoxy) is 1. The van der Waals surface area contributed by atoms with Gasteiger partial charge in [0.25, 0.3) is 0 Å². The van der Waals surface area contributed by atoms with Crippen molar-refractivity contribution in [1.82, 2.24) is 5.43 Å². The van der Waals surface area contributed by atoms with Gasteiger partial charge in [0.2, 0.25) is 0 Å². The molecule has 1 aromatic carbocycles. The molecule has 0 saturated heterocycles. The van der Waals surface area contributed by atoms with Gasteiger partial charge in [-0.05, 0) is 31.0 Å². The van der Waals surface area contributed by atoms with Crippen molar-refractivity contribution in [3.63, 3.8) is 0 Å². The summed E-state index contributed by atoms with van der Waals surface area (Å²) in [7, 11) is 0. The van der Waals surface area contributed by atoms with Crippen LogP contribution in [0, 0.1) is 0 Å². The van der Waals surface area contributed by atoms with E-state index in [0.717, 1.165) is 12.0 Å². The van der Waals surface area contributed by atoms with Gasteiger partial charge in [-0.3, -0.25) is 11.3 Å². The largest absolute Gasteiger partial charge is 0.376 e. The van der Waals surface area contributed by atoms with Crippen LogP contribution in [-0.4, -0.2) is 12.7 Å². The molecule has 0 amide bonds. The van der Waals surface area contributed by atoms with Crippen LogP contribution in [0.15, 0.2) is 24.3 Å². The molecule has 0 bridgehead atoms. The maximum absolute atomic E-state index is 5.96. The third kappa shape index (κ3) is 3.46. The van der Waals surface area contributed by atoms with E-state index >= 15 is 0 Å². The van der Waals surface area contributed by atoms with Crippen LogP contribution in [0.25, 0.3) is 0 Å². The van der Waals surface area contributed by atoms with Crippen molar-refractivity contribution in [3.05, 3.63) is 34.9 Å². The Kier molecular flexibility index (Phi) is 5.77. The fraction of sp³-hybridized carbons (Fsp3) is 0.500. The molecular weight excluding hydrogens is 224 g/mol. The van der Waals surface area contributed by atoms with Gasteiger partial charge in [-0.25, -0.2) is 0 Å². The summed E-state index contributed by atoms with van der Waals surface area (Å²) < 4.78 is 5.65. The van der Waals surface area contributed by atoms with Crippen molar-refractivity contribution in [2.75, 3.05) is 6.61 Å². The number of hydrogen-bond acceptors (Lipinski definition) is 3. The number of hydrogen-bond donors (Lipinski definition) is 2. The number of halogens is 1. The molecular formula is C12H19ClN2O. The van der Waals surface area contributed by atoms with Crippen LogP contribution in [-0.2, 0) is 4.74 Å². The molecule has 4 heteroatoms. The highest BCUT2D eigenvalue weighted by molar-refractivity contribution is 6.30. The van der Waals surface area contributed by atoms with E-state index in [1.54, 1.807) is 0 Å². The van der Waals surface area contributed by atoms with E-state index in [4.69, 9.17) is 22.2 Å². The second kappa shape index (κ2) is 6.86. The number of hydrazine groups is 1. The van der Waals surface area contributed by atoms with Gasteiger partial charge in [-0.2, -0.15) is 0 Å². The zero-order valence-corrected chi connectivity index (χ0v) is 10.5. The Labute approximate surface area is 102 Å². The Morgan fingerprint density at radius 2 is 2.19 bits per heavy atom. The lowest BCUT2D eigenvalue weighted by Gasteiger charge is -2.25. The first-order chi connectivity index (χ1) is 7.72. The summed E-state index contributed by atoms with van der Waals surface area (Å²) in [4.78, 5) is 0. The molecule has 16 heavy (non-hydrogen) atoms. The number of nitrogens with one attached hydrogen (secondary N) is 1. The highest BCUT2D eigenvalue weighted by Crippen LogP contribution is 2.23. The Morgan fingerprint density at radius 1 is 1.44 bits per heavy atom. The summed E-state index contributed by atoms with van der Waals surface area (Å²) in [6.07, 6.45) is 0.961. The molecule has 0 aliphatic carbocycles. The maximum atomic E-state index is 5.96. The molecule has 0 fully saturated rings. The standard InChI is InChI=1S/C12H19ClN2O/c1-3-11(16-4-2)12(15-14)9-6-5-7-10(13)8-9/h5-8,11-12,15H,3-4,14H2,1-2H3. The van der Waals surface area contributed by atoms with Gasteiger partial charge in [0.05, 0.1) is 12.1 Å². The van der Waals surface area contributed by atoms with Crippen molar-refractivity contribution < 1.29 is 4.74 Å². The van der Waals surface area contributed by atoms with Crippen molar-refractivity contribution in [3.8, 4) is 0 Å². The Hall–Kier alpha value is -0.610. The van der Waals surface area contributed by atoms with Crippen LogP contribution >= 0.6 is 11.6 Å². The normalized spacial score (nSPS) is 14.8. The van der Waals surface area contributed by atoms with E-state index in [1.165, 1.54) is 0 Å². The van der Waals surface area contributed by atoms with Crippen LogP contribution < -0.4 is 11.3 Å². The van der Waals surface area contributed by atoms with Gasteiger partial charge in [-0.15, -0.1) is 0 Å². The van der Waals surface area contributed by atoms with Crippen molar-refractivity contribution in [1.29, 1.82) is 0 Å². The number of benzene rings is 1. The zero-order chi connectivity index (χ0) is 12.0. The minimum absolute atomic E-state index is 0.0244. The Bertz CT molecular complexity index is 320. The van der Waals surface area contributed by atoms with E-state index in [9.17, 15) is 0 Å². The summed E-state index contributed by atoms with van der Waals surface area (Å²) in [5.74, 6) is 5.59. The molecule has 90 valence electrons. The lowest BCUT2D eigenvalue weighted by atomic mass is 10.0. The summed E-state index contributed by atoms with van der Waals surface area (Å²) in [5, 5.41) is 0.712. The molecule has 1 aromatic rings. The van der Waals surface area contributed by atoms with Crippen LogP contribution in [0.3, 0.4) is 0 Å². The average molecular weight is 243 g/mol. The third-order valence-corrected chi connectivity index (χ3v) is 2.78. The molecule has 0 aromatic heterocycles. The van der Waals surface area contributed by atoms with E-state index in [0.29, 0.717) is 11.6 Å². The first-order valence-corrected chi connectivity index (χ1v) is 5.93. The summed E-state index contributed by atoms with van der Waals surface area (Å²) in [5.41, 5.74) is 3.85. The first kappa shape index (κ1) is 13.5. The summed E-state index contributed by atoms with van der Waals surface area (Å²) >= 11 is 5.96. The Balaban J connectivity index is 2.87. The summed E-state index contributed by atoms with van der Waals surface area (Å²) in [6, 6.07) is 7.65. The quantitative estimate of drug-likeness (QED) is 0.596. The molecule has 0 heterocycles. The molecule has 3 N–H and O–H groups in total. The molecule has 2 atom stereocenters. The van der Waals surface area contributed by atoms with Gasteiger partial charge in [0.1, 0.15) is 0 Å². The molecule has 1 rings (SSSR count). The number of nitrogens with two attached hydrogens (primary N) is 1. The first-order valence-electron chi connectivity index (χ1n) is 5.56. The smallest absolute Gasteiger partial charge is 0.0779 e. The van der Waals surface area contributed by atoms with Gasteiger partial charge in [0, 0.05) is 11.6 Å². The molecule has 0 spiro atoms. The fourth-order valence-electron chi connectivity index (χ4n) is 1.78. The van der Waals surface area contributed by atoms with Crippen molar-refractivity contribution in [2.45, 2.75) is 32.4 Å². The van der Waals surface area contributed by atoms with E-state index < -0.39 is 0 Å². The third-order valence-electron chi connectivity index (χ3n) is 2.54. The Morgan fingerprint density at radius 3 is 2.69 bits per heavy atom. The van der Waals surface area contributed by atoms with Crippen molar-refractivity contribution in [2.24, 2.45) is 5.84 Å². The van der Waals surface area contributed by atoms with Gasteiger partial charge < -0.3 is 4.74 Å². The van der Waals surface area contributed by atoms with Crippen LogP contribution in [0.4, 0.5) is 0 Å². The van der Waals surface area contributed by atoms with Gasteiger partial charge in [0.15, 0.2) is 0 Å². The molecule has 0 radical (unpaired) electrons. The molecule has 2 unspecified atom stereocenters. The lowest BCUT2D eigenvalue weighted by molar-refractivity contribution is 0.0314. The van der Waals surface area contributed by atoms with Crippen molar-refractivity contribution >= 4 is 11.6 Å². The van der Waals surface area contributed by atoms with E-state index in [1.807, 2.05) is 31.2 Å². The van der Waals surface area contributed by atoms with Crippen LogP contribution in [0.2, 0.25) is 5.02 Å². The van der Waals surface area contributed by atoms with Crippen LogP contribution in [0.5, 0.6) is 0 Å². The predicted octanol–water partition coefficient (Wildman–Crippen LogP) is 2.66.